The quantitative estimate of drug-likeness (QED) is 0.468. The Labute approximate surface area is 67.8 Å². The molecule has 30 valence electrons. The molecule has 0 aliphatic carbocycles. The second-order valence-corrected chi connectivity index (χ2v) is 0. The van der Waals surface area contributed by atoms with Crippen molar-refractivity contribution in [3.8, 4) is 0 Å². The van der Waals surface area contributed by atoms with Crippen LogP contribution in [0.15, 0.2) is 0 Å². The van der Waals surface area contributed by atoms with E-state index in [0.717, 1.165) is 0 Å². The molecule has 0 unspecified atom stereocenters. The van der Waals surface area contributed by atoms with Gasteiger partial charge in [-0.3, -0.25) is 0 Å². The molecule has 0 amide bonds. The fraction of sp³-hybridized carbons (Fsp3) is 0. The zero-order chi connectivity index (χ0) is 0. The summed E-state index contributed by atoms with van der Waals surface area (Å²) < 4.78 is 0. The molecule has 0 rings (SSSR count). The van der Waals surface area contributed by atoms with Crippen molar-refractivity contribution in [3.63, 3.8) is 0 Å². The van der Waals surface area contributed by atoms with Crippen molar-refractivity contribution >= 4 is 17.4 Å². The summed E-state index contributed by atoms with van der Waals surface area (Å²) in [7, 11) is 0. The van der Waals surface area contributed by atoms with Crippen molar-refractivity contribution in [2.75, 3.05) is 0 Å². The molecule has 4 heteroatoms. The molecule has 4 heavy (non-hydrogen) atoms. The Morgan fingerprint density at radius 1 is 1.00 bits per heavy atom. The summed E-state index contributed by atoms with van der Waals surface area (Å²) >= 11 is 0. The van der Waals surface area contributed by atoms with Crippen LogP contribution in [-0.4, -0.2) is 17.4 Å². The zero-order valence-electron chi connectivity index (χ0n) is 1.60. The van der Waals surface area contributed by atoms with E-state index in [4.69, 9.17) is 0 Å². The molecule has 0 heterocycles. The van der Waals surface area contributed by atoms with Gasteiger partial charge in [-0.1, -0.05) is 0 Å². The molecule has 0 saturated heterocycles. The van der Waals surface area contributed by atoms with Crippen LogP contribution in [-0.2, 0) is 50.9 Å². The number of rotatable bonds is 0. The molecule has 0 spiro atoms. The summed E-state index contributed by atoms with van der Waals surface area (Å²) in [6.07, 6.45) is 0. The number of hydrogen-bond acceptors (Lipinski definition) is 0. The minimum absolute atomic E-state index is 0. The van der Waals surface area contributed by atoms with Gasteiger partial charge in [0.15, 0.2) is 0 Å². The Bertz CT molecular complexity index is 8.00. The van der Waals surface area contributed by atoms with Crippen LogP contribution < -0.4 is 0 Å². The van der Waals surface area contributed by atoms with Crippen molar-refractivity contribution in [3.05, 3.63) is 0 Å². The Balaban J connectivity index is 0. The SMILES string of the molecule is [Al].[Cr].[Cu].[Ni]. The molecule has 0 fully saturated rings. The van der Waals surface area contributed by atoms with Gasteiger partial charge in [-0.25, -0.2) is 0 Å². The van der Waals surface area contributed by atoms with Crippen LogP contribution in [0.25, 0.3) is 0 Å². The third-order valence-corrected chi connectivity index (χ3v) is 0. The Morgan fingerprint density at radius 2 is 1.00 bits per heavy atom. The molecule has 0 aromatic carbocycles. The average Bonchev–Trinajstić information content (AvgIpc) is 0. The first-order valence-electron chi connectivity index (χ1n) is 0. The van der Waals surface area contributed by atoms with E-state index in [1.165, 1.54) is 0 Å². The molecule has 0 aliphatic rings. The van der Waals surface area contributed by atoms with E-state index in [9.17, 15) is 0 Å². The van der Waals surface area contributed by atoms with Crippen LogP contribution in [0.1, 0.15) is 0 Å². The molecule has 0 saturated carbocycles. The van der Waals surface area contributed by atoms with Gasteiger partial charge in [0.1, 0.15) is 0 Å². The van der Waals surface area contributed by atoms with E-state index in [-0.39, 0.29) is 68.3 Å². The largest absolute Gasteiger partial charge is 0 e. The summed E-state index contributed by atoms with van der Waals surface area (Å²) in [5, 5.41) is 0. The topological polar surface area (TPSA) is 0 Å². The monoisotopic (exact) mass is 200 g/mol. The maximum Gasteiger partial charge on any atom is 0 e. The Morgan fingerprint density at radius 3 is 1.00 bits per heavy atom. The minimum atomic E-state index is 0. The van der Waals surface area contributed by atoms with Gasteiger partial charge in [-0.2, -0.15) is 0 Å². The van der Waals surface area contributed by atoms with Crippen LogP contribution in [0.3, 0.4) is 0 Å². The van der Waals surface area contributed by atoms with E-state index >= 15 is 0 Å². The van der Waals surface area contributed by atoms with Crippen molar-refractivity contribution in [1.82, 2.24) is 0 Å². The molecule has 0 aliphatic heterocycles. The van der Waals surface area contributed by atoms with E-state index in [1.807, 2.05) is 0 Å². The summed E-state index contributed by atoms with van der Waals surface area (Å²) in [6.45, 7) is 0. The molecule has 4 radical (unpaired) electrons. The molecule has 0 nitrogen and oxygen atoms in total. The van der Waals surface area contributed by atoms with Crippen molar-refractivity contribution < 1.29 is 50.9 Å². The first-order chi connectivity index (χ1) is 0. The number of hydrogen-bond donors (Lipinski definition) is 0. The molecular formula is AlCrCuNi. The summed E-state index contributed by atoms with van der Waals surface area (Å²) in [5.41, 5.74) is 0. The predicted molar refractivity (Wildman–Crippen MR) is 5.75 cm³/mol. The van der Waals surface area contributed by atoms with E-state index in [2.05, 4.69) is 0 Å². The molecule has 0 atom stereocenters. The van der Waals surface area contributed by atoms with Crippen molar-refractivity contribution in [1.29, 1.82) is 0 Å². The maximum absolute atomic E-state index is 0. The average molecular weight is 201 g/mol. The Kier molecular flexibility index (Phi) is 177. The van der Waals surface area contributed by atoms with Gasteiger partial charge in [-0.15, -0.1) is 0 Å². The molecule has 0 bridgehead atoms. The van der Waals surface area contributed by atoms with Crippen molar-refractivity contribution in [2.24, 2.45) is 0 Å². The first kappa shape index (κ1) is 36.3. The van der Waals surface area contributed by atoms with E-state index < -0.39 is 0 Å². The van der Waals surface area contributed by atoms with Gasteiger partial charge in [-0.05, 0) is 0 Å². The summed E-state index contributed by atoms with van der Waals surface area (Å²) in [5.74, 6) is 0. The van der Waals surface area contributed by atoms with Gasteiger partial charge < -0.3 is 0 Å². The van der Waals surface area contributed by atoms with Crippen LogP contribution in [0.4, 0.5) is 0 Å². The predicted octanol–water partition coefficient (Wildman–Crippen LogP) is -0.388. The van der Waals surface area contributed by atoms with Gasteiger partial charge in [0.25, 0.3) is 0 Å². The molecular weight excluding hydrogens is 201 g/mol. The maximum atomic E-state index is 0. The minimum Gasteiger partial charge on any atom is 0 e. The van der Waals surface area contributed by atoms with Crippen LogP contribution >= 0.6 is 0 Å². The zero-order valence-corrected chi connectivity index (χ0v) is 5.96. The molecule has 0 aromatic rings. The Hall–Kier alpha value is 2.08. The third-order valence-electron chi connectivity index (χ3n) is 0. The molecule has 0 N–H and O–H groups in total. The van der Waals surface area contributed by atoms with E-state index in [0.29, 0.717) is 0 Å². The van der Waals surface area contributed by atoms with Crippen LogP contribution in [0.5, 0.6) is 0 Å². The van der Waals surface area contributed by atoms with E-state index in [1.54, 1.807) is 0 Å². The van der Waals surface area contributed by atoms with Crippen molar-refractivity contribution in [2.45, 2.75) is 0 Å². The first-order valence-corrected chi connectivity index (χ1v) is 0. The van der Waals surface area contributed by atoms with Gasteiger partial charge in [0.2, 0.25) is 0 Å². The third kappa shape index (κ3) is 8.95. The smallest absolute Gasteiger partial charge is 0 e. The second-order valence-electron chi connectivity index (χ2n) is 0. The van der Waals surface area contributed by atoms with Gasteiger partial charge in [0.05, 0.1) is 0 Å². The second kappa shape index (κ2) is 19.6. The summed E-state index contributed by atoms with van der Waals surface area (Å²) in [6, 6.07) is 0. The van der Waals surface area contributed by atoms with Gasteiger partial charge >= 0.3 is 0 Å². The van der Waals surface area contributed by atoms with Crippen LogP contribution in [0, 0.1) is 0 Å². The van der Waals surface area contributed by atoms with Crippen LogP contribution in [0.2, 0.25) is 0 Å². The standard InChI is InChI=1S/Al.Cr.Cu.Ni. The molecule has 0 aromatic heterocycles. The fourth-order valence-corrected chi connectivity index (χ4v) is 0. The van der Waals surface area contributed by atoms with Gasteiger partial charge in [0, 0.05) is 68.3 Å². The summed E-state index contributed by atoms with van der Waals surface area (Å²) in [4.78, 5) is 0. The normalized spacial score (nSPS) is 0. The fourth-order valence-electron chi connectivity index (χ4n) is 0.